The van der Waals surface area contributed by atoms with Crippen LogP contribution in [0.25, 0.3) is 5.70 Å². The number of aliphatic imine (C=N–C) groups is 1. The molecule has 1 atom stereocenters. The smallest absolute Gasteiger partial charge is 0.158 e. The molecule has 5 nitrogen and oxygen atoms in total. The van der Waals surface area contributed by atoms with Crippen LogP contribution in [0.3, 0.4) is 0 Å². The van der Waals surface area contributed by atoms with E-state index in [1.165, 1.54) is 24.5 Å². The molecule has 0 aliphatic carbocycles. The van der Waals surface area contributed by atoms with Crippen LogP contribution in [-0.2, 0) is 0 Å². The van der Waals surface area contributed by atoms with Crippen LogP contribution in [0.2, 0.25) is 5.02 Å². The normalized spacial score (nSPS) is 14.2. The fraction of sp³-hybridized carbons (Fsp3) is 0.182. The number of halogens is 1. The third-order valence-electron chi connectivity index (χ3n) is 1.95. The second-order valence-electron chi connectivity index (χ2n) is 3.51. The van der Waals surface area contributed by atoms with Crippen molar-refractivity contribution in [3.05, 3.63) is 28.9 Å². The van der Waals surface area contributed by atoms with Crippen molar-refractivity contribution in [2.24, 2.45) is 16.5 Å². The van der Waals surface area contributed by atoms with Crippen molar-refractivity contribution < 1.29 is 10.2 Å². The molecule has 6 N–H and O–H groups in total. The second kappa shape index (κ2) is 5.56. The molecule has 0 spiro atoms. The van der Waals surface area contributed by atoms with Gasteiger partial charge in [0.1, 0.15) is 0 Å². The molecule has 0 fully saturated rings. The van der Waals surface area contributed by atoms with E-state index in [2.05, 4.69) is 4.99 Å². The van der Waals surface area contributed by atoms with Gasteiger partial charge in [-0.2, -0.15) is 0 Å². The molecule has 17 heavy (non-hydrogen) atoms. The highest BCUT2D eigenvalue weighted by molar-refractivity contribution is 6.32. The molecule has 1 unspecified atom stereocenters. The van der Waals surface area contributed by atoms with E-state index in [9.17, 15) is 10.2 Å². The van der Waals surface area contributed by atoms with E-state index < -0.39 is 0 Å². The number of nitrogens with two attached hydrogens (primary N) is 2. The molecule has 0 saturated heterocycles. The fourth-order valence-corrected chi connectivity index (χ4v) is 1.40. The number of aromatic hydroxyl groups is 2. The van der Waals surface area contributed by atoms with Crippen molar-refractivity contribution in [2.75, 3.05) is 0 Å². The first-order chi connectivity index (χ1) is 7.95. The molecular weight excluding hydrogens is 242 g/mol. The van der Waals surface area contributed by atoms with E-state index in [-0.39, 0.29) is 22.6 Å². The summed E-state index contributed by atoms with van der Waals surface area (Å²) < 4.78 is 0. The van der Waals surface area contributed by atoms with Gasteiger partial charge in [-0.1, -0.05) is 11.6 Å². The lowest BCUT2D eigenvalue weighted by Gasteiger charge is -2.07. The van der Waals surface area contributed by atoms with Crippen molar-refractivity contribution in [2.45, 2.75) is 13.0 Å². The quantitative estimate of drug-likeness (QED) is 0.484. The second-order valence-corrected chi connectivity index (χ2v) is 3.92. The van der Waals surface area contributed by atoms with Crippen molar-refractivity contribution in [3.8, 4) is 11.5 Å². The van der Waals surface area contributed by atoms with Gasteiger partial charge in [0, 0.05) is 30.1 Å². The highest BCUT2D eigenvalue weighted by Crippen LogP contribution is 2.34. The third-order valence-corrected chi connectivity index (χ3v) is 2.26. The van der Waals surface area contributed by atoms with Gasteiger partial charge >= 0.3 is 0 Å². The number of phenolic OH excluding ortho intramolecular Hbond substituents is 2. The van der Waals surface area contributed by atoms with Crippen molar-refractivity contribution in [1.29, 1.82) is 0 Å². The minimum atomic E-state index is -0.300. The molecule has 1 rings (SSSR count). The van der Waals surface area contributed by atoms with E-state index in [4.69, 9.17) is 23.1 Å². The number of hydrogen-bond donors (Lipinski definition) is 4. The van der Waals surface area contributed by atoms with Crippen LogP contribution < -0.4 is 11.5 Å². The van der Waals surface area contributed by atoms with E-state index >= 15 is 0 Å². The maximum Gasteiger partial charge on any atom is 0.158 e. The molecule has 0 aliphatic rings. The van der Waals surface area contributed by atoms with Gasteiger partial charge in [-0.15, -0.1) is 0 Å². The number of hydrogen-bond acceptors (Lipinski definition) is 5. The summed E-state index contributed by atoms with van der Waals surface area (Å²) in [5.74, 6) is -0.592. The number of benzene rings is 1. The van der Waals surface area contributed by atoms with Crippen LogP contribution >= 0.6 is 11.6 Å². The van der Waals surface area contributed by atoms with Crippen LogP contribution in [0.15, 0.2) is 23.3 Å². The van der Waals surface area contributed by atoms with Gasteiger partial charge in [0.25, 0.3) is 0 Å². The molecule has 0 bridgehead atoms. The average molecular weight is 256 g/mol. The van der Waals surface area contributed by atoms with Crippen LogP contribution in [0.5, 0.6) is 11.5 Å². The Morgan fingerprint density at radius 2 is 2.00 bits per heavy atom. The topological polar surface area (TPSA) is 105 Å². The first-order valence-electron chi connectivity index (χ1n) is 4.89. The van der Waals surface area contributed by atoms with Gasteiger partial charge in [-0.25, -0.2) is 0 Å². The largest absolute Gasteiger partial charge is 0.504 e. The molecule has 6 heteroatoms. The van der Waals surface area contributed by atoms with Gasteiger partial charge < -0.3 is 21.7 Å². The Bertz CT molecular complexity index is 470. The van der Waals surface area contributed by atoms with Gasteiger partial charge in [-0.3, -0.25) is 4.99 Å². The minimum absolute atomic E-state index is 0.227. The standard InChI is InChI=1S/C11H14ClN3O2/c1-6(14)5-15-9(4-13)7-2-10(16)11(17)3-8(7)12/h2-6,16-17H,13-14H2,1H3/b9-4-,15-5?. The van der Waals surface area contributed by atoms with Gasteiger partial charge in [0.2, 0.25) is 0 Å². The number of rotatable bonds is 3. The Kier molecular flexibility index (Phi) is 4.37. The predicted octanol–water partition coefficient (Wildman–Crippen LogP) is 1.43. The highest BCUT2D eigenvalue weighted by atomic mass is 35.5. The molecule has 0 aromatic heterocycles. The van der Waals surface area contributed by atoms with Gasteiger partial charge in [-0.05, 0) is 13.0 Å². The highest BCUT2D eigenvalue weighted by Gasteiger charge is 2.10. The lowest BCUT2D eigenvalue weighted by molar-refractivity contribution is 0.403. The zero-order valence-corrected chi connectivity index (χ0v) is 10.0. The summed E-state index contributed by atoms with van der Waals surface area (Å²) in [6.07, 6.45) is 2.75. The Labute approximate surface area is 104 Å². The van der Waals surface area contributed by atoms with Crippen molar-refractivity contribution >= 4 is 23.5 Å². The summed E-state index contributed by atoms with van der Waals surface area (Å²) >= 11 is 5.92. The molecule has 92 valence electrons. The molecule has 0 amide bonds. The molecule has 1 aromatic rings. The minimum Gasteiger partial charge on any atom is -0.504 e. The van der Waals surface area contributed by atoms with Gasteiger partial charge in [0.05, 0.1) is 10.7 Å². The summed E-state index contributed by atoms with van der Waals surface area (Å²) in [6.45, 7) is 1.76. The monoisotopic (exact) mass is 255 g/mol. The summed E-state index contributed by atoms with van der Waals surface area (Å²) in [4.78, 5) is 4.05. The maximum atomic E-state index is 9.39. The molecular formula is C11H14ClN3O2. The lowest BCUT2D eigenvalue weighted by atomic mass is 10.1. The Hall–Kier alpha value is -1.72. The Morgan fingerprint density at radius 1 is 1.41 bits per heavy atom. The van der Waals surface area contributed by atoms with Crippen molar-refractivity contribution in [1.82, 2.24) is 0 Å². The van der Waals surface area contributed by atoms with Crippen molar-refractivity contribution in [3.63, 3.8) is 0 Å². The van der Waals surface area contributed by atoms with Gasteiger partial charge in [0.15, 0.2) is 11.5 Å². The van der Waals surface area contributed by atoms with E-state index in [0.717, 1.165) is 0 Å². The molecule has 0 saturated carbocycles. The van der Waals surface area contributed by atoms with Crippen LogP contribution in [0.4, 0.5) is 0 Å². The Balaban J connectivity index is 3.18. The SMILES string of the molecule is CC(N)C=N/C(=C\N)c1cc(O)c(O)cc1Cl. The molecule has 0 aliphatic heterocycles. The number of phenols is 2. The average Bonchev–Trinajstić information content (AvgIpc) is 2.25. The summed E-state index contributed by atoms with van der Waals surface area (Å²) in [5, 5.41) is 18.9. The van der Waals surface area contributed by atoms with E-state index in [0.29, 0.717) is 11.3 Å². The zero-order valence-electron chi connectivity index (χ0n) is 9.26. The summed E-state index contributed by atoms with van der Waals surface area (Å²) in [6, 6.07) is 2.28. The fourth-order valence-electron chi connectivity index (χ4n) is 1.15. The predicted molar refractivity (Wildman–Crippen MR) is 69.1 cm³/mol. The van der Waals surface area contributed by atoms with Crippen LogP contribution in [0, 0.1) is 0 Å². The van der Waals surface area contributed by atoms with Crippen LogP contribution in [-0.4, -0.2) is 22.5 Å². The zero-order chi connectivity index (χ0) is 13.0. The Morgan fingerprint density at radius 3 is 2.53 bits per heavy atom. The first-order valence-corrected chi connectivity index (χ1v) is 5.27. The lowest BCUT2D eigenvalue weighted by Crippen LogP contribution is -2.15. The first kappa shape index (κ1) is 13.3. The van der Waals surface area contributed by atoms with E-state index in [1.807, 2.05) is 0 Å². The summed E-state index contributed by atoms with van der Waals surface area (Å²) in [5.41, 5.74) is 11.7. The molecule has 1 aromatic carbocycles. The maximum absolute atomic E-state index is 9.39. The molecule has 0 heterocycles. The summed E-state index contributed by atoms with van der Waals surface area (Å²) in [7, 11) is 0. The third kappa shape index (κ3) is 3.37. The van der Waals surface area contributed by atoms with E-state index in [1.54, 1.807) is 6.92 Å². The number of nitrogens with zero attached hydrogens (tertiary/aromatic N) is 1. The van der Waals surface area contributed by atoms with Crippen LogP contribution in [0.1, 0.15) is 12.5 Å². The molecule has 0 radical (unpaired) electrons.